The Hall–Kier alpha value is -1.66. The molecule has 56 heavy (non-hydrogen) atoms. The van der Waals surface area contributed by atoms with Crippen molar-refractivity contribution in [1.82, 2.24) is 19.6 Å². The Kier molecular flexibility index (Phi) is 15.4. The van der Waals surface area contributed by atoms with Crippen molar-refractivity contribution in [3.05, 3.63) is 109 Å². The molecule has 6 rings (SSSR count). The predicted octanol–water partition coefficient (Wildman–Crippen LogP) is 10.3. The first kappa shape index (κ1) is 43.9. The summed E-state index contributed by atoms with van der Waals surface area (Å²) in [6, 6.07) is 13.3. The number of hydrogen-bond acceptors (Lipinski definition) is 10. The lowest BCUT2D eigenvalue weighted by Gasteiger charge is -2.35. The van der Waals surface area contributed by atoms with Crippen molar-refractivity contribution in [2.45, 2.75) is 12.3 Å². The van der Waals surface area contributed by atoms with Gasteiger partial charge < -0.3 is 20.4 Å². The fraction of sp³-hybridized carbons (Fsp3) is 0.316. The Morgan fingerprint density at radius 1 is 0.518 bits per heavy atom. The van der Waals surface area contributed by atoms with Crippen LogP contribution in [0.3, 0.4) is 0 Å². The van der Waals surface area contributed by atoms with Crippen molar-refractivity contribution in [1.29, 1.82) is 0 Å². The van der Waals surface area contributed by atoms with Gasteiger partial charge in [-0.25, -0.2) is 0 Å². The summed E-state index contributed by atoms with van der Waals surface area (Å²) in [7, 11) is 0. The number of rotatable bonds is 13. The summed E-state index contributed by atoms with van der Waals surface area (Å²) in [5.74, 6) is 0.375. The van der Waals surface area contributed by atoms with Gasteiger partial charge in [-0.15, -0.1) is 0 Å². The van der Waals surface area contributed by atoms with Gasteiger partial charge in [0.05, 0.1) is 44.4 Å². The van der Waals surface area contributed by atoms with E-state index >= 15 is 0 Å². The zero-order valence-electron chi connectivity index (χ0n) is 29.5. The molecule has 2 fully saturated rings. The van der Waals surface area contributed by atoms with Crippen LogP contribution in [-0.2, 0) is 0 Å². The highest BCUT2D eigenvalue weighted by Gasteiger charge is 2.38. The molecular formula is C38H36Br4Cl4N6O4. The minimum absolute atomic E-state index is 0.0697. The monoisotopic (exact) mass is 1100 g/mol. The molecule has 2 aliphatic heterocycles. The van der Waals surface area contributed by atoms with Crippen LogP contribution < -0.4 is 0 Å². The van der Waals surface area contributed by atoms with Crippen molar-refractivity contribution < 1.29 is 20.4 Å². The zero-order valence-corrected chi connectivity index (χ0v) is 38.9. The number of aliphatic imine (C=N–C) groups is 2. The summed E-state index contributed by atoms with van der Waals surface area (Å²) in [5, 5.41) is 45.3. The van der Waals surface area contributed by atoms with Crippen molar-refractivity contribution in [3.63, 3.8) is 0 Å². The molecule has 0 bridgehead atoms. The topological polar surface area (TPSA) is 119 Å². The molecule has 0 saturated carbocycles. The normalized spacial score (nSPS) is 18.7. The van der Waals surface area contributed by atoms with Crippen LogP contribution in [0, 0.1) is 0 Å². The van der Waals surface area contributed by atoms with Gasteiger partial charge in [0.2, 0.25) is 0 Å². The molecule has 18 heteroatoms. The van der Waals surface area contributed by atoms with Crippen LogP contribution in [0.25, 0.3) is 0 Å². The molecule has 0 radical (unpaired) electrons. The van der Waals surface area contributed by atoms with E-state index < -0.39 is 0 Å². The average molecular weight is 1100 g/mol. The Bertz CT molecular complexity index is 2000. The summed E-state index contributed by atoms with van der Waals surface area (Å²) in [6.45, 7) is 6.15. The van der Waals surface area contributed by atoms with Gasteiger partial charge in [0, 0.05) is 106 Å². The van der Waals surface area contributed by atoms with Crippen LogP contribution in [0.2, 0.25) is 20.1 Å². The lowest BCUT2D eigenvalue weighted by Crippen LogP contribution is -2.39. The predicted molar refractivity (Wildman–Crippen MR) is 240 cm³/mol. The molecule has 2 heterocycles. The lowest BCUT2D eigenvalue weighted by atomic mass is 10.1. The van der Waals surface area contributed by atoms with E-state index in [4.69, 9.17) is 46.4 Å². The standard InChI is InChI=1S/C38H36Br4Cl4N6O4/c39-27-17-33(53)21(11-31(27)45)19-47-1-3-49-5-7-51(37(49)25-13-23(43)15-29(41)35(25)55)9-10-52-8-6-50(38(52)26-14-24(44)16-30(42)36(26)56)4-2-48-20-22-12-32(46)28(40)18-34(22)54/h11-20,37-38,53-56H,1-10H2. The highest BCUT2D eigenvalue weighted by atomic mass is 79.9. The molecule has 0 aliphatic carbocycles. The van der Waals surface area contributed by atoms with E-state index in [1.54, 1.807) is 48.8 Å². The second kappa shape index (κ2) is 19.6. The quantitative estimate of drug-likeness (QED) is 0.0978. The van der Waals surface area contributed by atoms with Crippen molar-refractivity contribution >= 4 is 123 Å². The van der Waals surface area contributed by atoms with Gasteiger partial charge in [-0.05, 0) is 112 Å². The molecule has 2 saturated heterocycles. The van der Waals surface area contributed by atoms with E-state index in [1.165, 1.54) is 12.1 Å². The maximum atomic E-state index is 11.3. The number of phenolic OH excluding ortho intramolecular Hbond substituents is 4. The Labute approximate surface area is 378 Å². The molecular weight excluding hydrogens is 1070 g/mol. The fourth-order valence-electron chi connectivity index (χ4n) is 7.02. The second-order valence-corrected chi connectivity index (χ2v) is 18.4. The first-order valence-corrected chi connectivity index (χ1v) is 22.1. The molecule has 2 aliphatic rings. The highest BCUT2D eigenvalue weighted by molar-refractivity contribution is 9.11. The van der Waals surface area contributed by atoms with Gasteiger partial charge in [-0.2, -0.15) is 0 Å². The van der Waals surface area contributed by atoms with Gasteiger partial charge >= 0.3 is 0 Å². The number of benzene rings is 4. The van der Waals surface area contributed by atoms with Crippen molar-refractivity contribution in [2.75, 3.05) is 65.4 Å². The second-order valence-electron chi connectivity index (χ2n) is 13.3. The SMILES string of the molecule is Oc1cc(Br)c(Cl)cc1C=NCCN1CCN(CCN2CCN(CCN=Cc3cc(Cl)c(Br)cc3O)C2c2cc(Cl)cc(Br)c2O)C1c1cc(Cl)cc(Br)c1O. The number of phenols is 4. The molecule has 0 amide bonds. The summed E-state index contributed by atoms with van der Waals surface area (Å²) in [6.07, 6.45) is 2.61. The molecule has 0 aromatic heterocycles. The third-order valence-electron chi connectivity index (χ3n) is 9.71. The smallest absolute Gasteiger partial charge is 0.135 e. The van der Waals surface area contributed by atoms with Crippen LogP contribution in [0.1, 0.15) is 34.6 Å². The van der Waals surface area contributed by atoms with Gasteiger partial charge in [0.25, 0.3) is 0 Å². The molecule has 2 unspecified atom stereocenters. The van der Waals surface area contributed by atoms with Crippen LogP contribution in [0.4, 0.5) is 0 Å². The van der Waals surface area contributed by atoms with E-state index in [0.29, 0.717) is 113 Å². The third-order valence-corrected chi connectivity index (χ3v) is 13.8. The van der Waals surface area contributed by atoms with Gasteiger partial charge in [0.15, 0.2) is 0 Å². The van der Waals surface area contributed by atoms with Gasteiger partial charge in [0.1, 0.15) is 23.0 Å². The maximum Gasteiger partial charge on any atom is 0.135 e. The third kappa shape index (κ3) is 10.4. The molecule has 298 valence electrons. The highest BCUT2D eigenvalue weighted by Crippen LogP contribution is 2.43. The minimum atomic E-state index is -0.306. The minimum Gasteiger partial charge on any atom is -0.507 e. The molecule has 4 aromatic rings. The number of hydrogen-bond donors (Lipinski definition) is 4. The number of halogens is 8. The van der Waals surface area contributed by atoms with E-state index in [2.05, 4.69) is 93.3 Å². The summed E-state index contributed by atoms with van der Waals surface area (Å²) >= 11 is 39.2. The van der Waals surface area contributed by atoms with E-state index in [0.717, 1.165) is 13.1 Å². The largest absolute Gasteiger partial charge is 0.507 e. The van der Waals surface area contributed by atoms with Crippen LogP contribution in [0.5, 0.6) is 23.0 Å². The van der Waals surface area contributed by atoms with Crippen molar-refractivity contribution in [2.24, 2.45) is 9.98 Å². The Balaban J connectivity index is 1.20. The van der Waals surface area contributed by atoms with Gasteiger partial charge in [-0.1, -0.05) is 46.4 Å². The maximum absolute atomic E-state index is 11.3. The number of aromatic hydroxyl groups is 4. The molecule has 4 N–H and O–H groups in total. The van der Waals surface area contributed by atoms with Crippen molar-refractivity contribution in [3.8, 4) is 23.0 Å². The molecule has 0 spiro atoms. The lowest BCUT2D eigenvalue weighted by molar-refractivity contribution is 0.0954. The fourth-order valence-corrected chi connectivity index (χ4v) is 9.69. The van der Waals surface area contributed by atoms with E-state index in [9.17, 15) is 20.4 Å². The summed E-state index contributed by atoms with van der Waals surface area (Å²) in [4.78, 5) is 18.3. The summed E-state index contributed by atoms with van der Waals surface area (Å²) in [5.41, 5.74) is 2.38. The molecule has 10 nitrogen and oxygen atoms in total. The summed E-state index contributed by atoms with van der Waals surface area (Å²) < 4.78 is 2.21. The van der Waals surface area contributed by atoms with E-state index in [1.807, 2.05) is 0 Å². The van der Waals surface area contributed by atoms with Crippen LogP contribution in [0.15, 0.2) is 76.4 Å². The van der Waals surface area contributed by atoms with Crippen LogP contribution >= 0.6 is 110 Å². The molecule has 2 atom stereocenters. The Morgan fingerprint density at radius 2 is 0.875 bits per heavy atom. The van der Waals surface area contributed by atoms with Crippen LogP contribution in [-0.4, -0.2) is 118 Å². The number of nitrogens with zero attached hydrogens (tertiary/aromatic N) is 6. The van der Waals surface area contributed by atoms with E-state index in [-0.39, 0.29) is 35.3 Å². The first-order chi connectivity index (χ1) is 26.7. The first-order valence-electron chi connectivity index (χ1n) is 17.4. The molecule has 4 aromatic carbocycles. The van der Waals surface area contributed by atoms with Gasteiger partial charge in [-0.3, -0.25) is 29.6 Å². The Morgan fingerprint density at radius 3 is 1.25 bits per heavy atom. The average Bonchev–Trinajstić information content (AvgIpc) is 3.74. The zero-order chi connectivity index (χ0) is 40.3.